The molecule has 1 N–H and O–H groups in total. The fraction of sp³-hybridized carbons (Fsp3) is 0.647. The Labute approximate surface area is 152 Å². The minimum absolute atomic E-state index is 0.342. The van der Waals surface area contributed by atoms with Gasteiger partial charge in [0.15, 0.2) is 5.41 Å². The van der Waals surface area contributed by atoms with E-state index in [2.05, 4.69) is 32.1 Å². The molecular weight excluding hydrogens is 338 g/mol. The van der Waals surface area contributed by atoms with E-state index >= 15 is 0 Å². The van der Waals surface area contributed by atoms with Gasteiger partial charge in [-0.2, -0.15) is 4.98 Å². The van der Waals surface area contributed by atoms with Crippen LogP contribution in [0.25, 0.3) is 0 Å². The van der Waals surface area contributed by atoms with Crippen molar-refractivity contribution < 1.29 is 19.1 Å². The smallest absolute Gasteiger partial charge is 0.330 e. The van der Waals surface area contributed by atoms with Gasteiger partial charge in [-0.1, -0.05) is 13.8 Å². The summed E-state index contributed by atoms with van der Waals surface area (Å²) in [5.74, 6) is -0.109. The average Bonchev–Trinajstić information content (AvgIpc) is 2.63. The number of esters is 2. The number of hydrogen-bond acceptors (Lipinski definition) is 9. The molecule has 0 atom stereocenters. The Morgan fingerprint density at radius 2 is 1.77 bits per heavy atom. The first-order valence-corrected chi connectivity index (χ1v) is 8.93. The highest BCUT2D eigenvalue weighted by molar-refractivity contribution is 6.01. The number of aromatic nitrogens is 2. The fourth-order valence-corrected chi connectivity index (χ4v) is 3.12. The Hall–Kier alpha value is -2.42. The van der Waals surface area contributed by atoms with Gasteiger partial charge in [-0.3, -0.25) is 9.59 Å². The van der Waals surface area contributed by atoms with E-state index in [0.29, 0.717) is 24.6 Å². The van der Waals surface area contributed by atoms with Gasteiger partial charge in [-0.15, -0.1) is 0 Å². The van der Waals surface area contributed by atoms with Crippen molar-refractivity contribution in [1.29, 1.82) is 0 Å². The Morgan fingerprint density at radius 1 is 1.15 bits per heavy atom. The highest BCUT2D eigenvalue weighted by Crippen LogP contribution is 2.34. The quantitative estimate of drug-likeness (QED) is 0.602. The number of hydrogen-bond donors (Lipinski definition) is 1. The maximum atomic E-state index is 12.3. The molecule has 1 aromatic rings. The van der Waals surface area contributed by atoms with Crippen molar-refractivity contribution in [3.8, 4) is 0 Å². The van der Waals surface area contributed by atoms with Gasteiger partial charge in [0.05, 0.1) is 0 Å². The van der Waals surface area contributed by atoms with Crippen LogP contribution in [0.1, 0.15) is 26.7 Å². The number of nitrogens with zero attached hydrogens (tertiary/aromatic N) is 4. The van der Waals surface area contributed by atoms with Crippen LogP contribution in [0.5, 0.6) is 0 Å². The second-order valence-electron chi connectivity index (χ2n) is 6.61. The number of anilines is 2. The summed E-state index contributed by atoms with van der Waals surface area (Å²) in [6.45, 7) is 7.09. The van der Waals surface area contributed by atoms with Crippen LogP contribution in [0.3, 0.4) is 0 Å². The van der Waals surface area contributed by atoms with Gasteiger partial charge in [0, 0.05) is 32.4 Å². The number of carbonyl (C=O) groups excluding carboxylic acids is 2. The first-order valence-electron chi connectivity index (χ1n) is 8.93. The summed E-state index contributed by atoms with van der Waals surface area (Å²) in [6, 6.07) is 1.64. The van der Waals surface area contributed by atoms with E-state index in [4.69, 9.17) is 9.47 Å². The molecule has 0 spiro atoms. The van der Waals surface area contributed by atoms with Crippen LogP contribution in [0.15, 0.2) is 12.3 Å². The number of piperazine rings is 1. The molecule has 0 radical (unpaired) electrons. The Bertz CT molecular complexity index is 651. The van der Waals surface area contributed by atoms with E-state index in [1.807, 2.05) is 0 Å². The monoisotopic (exact) mass is 363 g/mol. The van der Waals surface area contributed by atoms with Crippen LogP contribution in [-0.2, 0) is 19.1 Å². The molecule has 0 saturated carbocycles. The van der Waals surface area contributed by atoms with Crippen molar-refractivity contribution >= 4 is 23.7 Å². The van der Waals surface area contributed by atoms with E-state index in [1.165, 1.54) is 0 Å². The summed E-state index contributed by atoms with van der Waals surface area (Å²) in [4.78, 5) is 37.7. The Morgan fingerprint density at radius 3 is 2.35 bits per heavy atom. The lowest BCUT2D eigenvalue weighted by atomic mass is 9.82. The van der Waals surface area contributed by atoms with Crippen LogP contribution in [0, 0.1) is 5.41 Å². The number of rotatable bonds is 5. The van der Waals surface area contributed by atoms with Crippen molar-refractivity contribution in [3.63, 3.8) is 0 Å². The van der Waals surface area contributed by atoms with E-state index in [9.17, 15) is 9.59 Å². The number of cyclic esters (lactones) is 2. The minimum atomic E-state index is -1.21. The number of ether oxygens (including phenoxy) is 2. The lowest BCUT2D eigenvalue weighted by Gasteiger charge is -2.35. The van der Waals surface area contributed by atoms with Crippen LogP contribution >= 0.6 is 0 Å². The summed E-state index contributed by atoms with van der Waals surface area (Å²) in [7, 11) is 2.08. The van der Waals surface area contributed by atoms with Gasteiger partial charge in [-0.25, -0.2) is 4.98 Å². The molecule has 2 aliphatic rings. The molecule has 0 bridgehead atoms. The molecule has 0 amide bonds. The standard InChI is InChI=1S/C17H25N5O4/c1-4-17(5-2)13(23)25-16(26-14(17)24)20-12-6-7-18-15(19-12)22-10-8-21(3)9-11-22/h6-7,16H,4-5,8-11H2,1-3H3,(H,18,19,20). The molecular formula is C17H25N5O4. The maximum absolute atomic E-state index is 12.3. The lowest BCUT2D eigenvalue weighted by molar-refractivity contribution is -0.219. The van der Waals surface area contributed by atoms with Gasteiger partial charge in [0.25, 0.3) is 0 Å². The molecule has 3 heterocycles. The van der Waals surface area contributed by atoms with E-state index in [-0.39, 0.29) is 0 Å². The van der Waals surface area contributed by atoms with Gasteiger partial charge in [0.1, 0.15) is 5.82 Å². The molecule has 9 nitrogen and oxygen atoms in total. The normalized spacial score (nSPS) is 21.3. The minimum Gasteiger partial charge on any atom is -0.405 e. The van der Waals surface area contributed by atoms with Crippen molar-refractivity contribution in [1.82, 2.24) is 14.9 Å². The van der Waals surface area contributed by atoms with Crippen LogP contribution in [0.2, 0.25) is 0 Å². The fourth-order valence-electron chi connectivity index (χ4n) is 3.12. The van der Waals surface area contributed by atoms with Gasteiger partial charge < -0.3 is 24.6 Å². The second kappa shape index (κ2) is 7.45. The van der Waals surface area contributed by atoms with Crippen molar-refractivity contribution in [2.45, 2.75) is 33.1 Å². The highest BCUT2D eigenvalue weighted by atomic mass is 16.7. The molecule has 9 heteroatoms. The van der Waals surface area contributed by atoms with E-state index in [1.54, 1.807) is 26.1 Å². The van der Waals surface area contributed by atoms with Crippen molar-refractivity contribution in [2.24, 2.45) is 5.41 Å². The molecule has 0 aromatic carbocycles. The largest absolute Gasteiger partial charge is 0.405 e. The summed E-state index contributed by atoms with van der Waals surface area (Å²) >= 11 is 0. The number of carbonyl (C=O) groups is 2. The molecule has 142 valence electrons. The molecule has 0 aliphatic carbocycles. The summed E-state index contributed by atoms with van der Waals surface area (Å²) in [5.41, 5.74) is -1.21. The molecule has 3 rings (SSSR count). The SMILES string of the molecule is CCC1(CC)C(=O)OC(Nc2ccnc(N3CCN(C)CC3)n2)OC1=O. The first-order chi connectivity index (χ1) is 12.5. The molecule has 2 fully saturated rings. The predicted octanol–water partition coefficient (Wildman–Crippen LogP) is 0.830. The predicted molar refractivity (Wildman–Crippen MR) is 94.4 cm³/mol. The maximum Gasteiger partial charge on any atom is 0.330 e. The molecule has 2 aliphatic heterocycles. The molecule has 0 unspecified atom stereocenters. The summed E-state index contributed by atoms with van der Waals surface area (Å²) < 4.78 is 10.6. The molecule has 1 aromatic heterocycles. The topological polar surface area (TPSA) is 96.9 Å². The van der Waals surface area contributed by atoms with Gasteiger partial charge in [-0.05, 0) is 26.0 Å². The van der Waals surface area contributed by atoms with Crippen LogP contribution < -0.4 is 10.2 Å². The summed E-state index contributed by atoms with van der Waals surface area (Å²) in [6.07, 6.45) is 1.12. The van der Waals surface area contributed by atoms with Gasteiger partial charge >= 0.3 is 18.4 Å². The van der Waals surface area contributed by atoms with Crippen LogP contribution in [-0.4, -0.2) is 66.4 Å². The molecule has 2 saturated heterocycles. The molecule has 26 heavy (non-hydrogen) atoms. The highest BCUT2D eigenvalue weighted by Gasteiger charge is 2.51. The zero-order valence-electron chi connectivity index (χ0n) is 15.4. The van der Waals surface area contributed by atoms with E-state index < -0.39 is 23.8 Å². The van der Waals surface area contributed by atoms with Gasteiger partial charge in [0.2, 0.25) is 5.95 Å². The lowest BCUT2D eigenvalue weighted by Crippen LogP contribution is -2.51. The number of likely N-dealkylation sites (N-methyl/N-ethyl adjacent to an activating group) is 1. The first kappa shape index (κ1) is 18.4. The average molecular weight is 363 g/mol. The third-order valence-electron chi connectivity index (χ3n) is 5.11. The van der Waals surface area contributed by atoms with Crippen molar-refractivity contribution in [2.75, 3.05) is 43.4 Å². The van der Waals surface area contributed by atoms with Crippen molar-refractivity contribution in [3.05, 3.63) is 12.3 Å². The zero-order valence-corrected chi connectivity index (χ0v) is 15.4. The third kappa shape index (κ3) is 3.44. The Balaban J connectivity index is 1.67. The third-order valence-corrected chi connectivity index (χ3v) is 5.11. The second-order valence-corrected chi connectivity index (χ2v) is 6.61. The Kier molecular flexibility index (Phi) is 5.26. The van der Waals surface area contributed by atoms with E-state index in [0.717, 1.165) is 26.2 Å². The van der Waals surface area contributed by atoms with Crippen LogP contribution in [0.4, 0.5) is 11.8 Å². The number of nitrogens with one attached hydrogen (secondary N) is 1. The zero-order chi connectivity index (χ0) is 18.7. The summed E-state index contributed by atoms with van der Waals surface area (Å²) in [5, 5.41) is 2.84.